The minimum atomic E-state index is -3.74. The van der Waals surface area contributed by atoms with Crippen LogP contribution in [0.2, 0.25) is 0 Å². The number of carbonyl (C=O) groups is 1. The lowest BCUT2D eigenvalue weighted by molar-refractivity contribution is 0.111. The number of benzene rings is 1. The number of aldehydes is 1. The first-order valence-electron chi connectivity index (χ1n) is 5.11. The number of hydrogen-bond donors (Lipinski definition) is 0. The molecule has 2 rings (SSSR count). The highest BCUT2D eigenvalue weighted by Crippen LogP contribution is 2.22. The second kappa shape index (κ2) is 4.70. The summed E-state index contributed by atoms with van der Waals surface area (Å²) in [5, 5.41) is 0. The lowest BCUT2D eigenvalue weighted by Gasteiger charge is -2.09. The molecule has 0 saturated heterocycles. The normalized spacial score (nSPS) is 11.4. The third kappa shape index (κ3) is 2.13. The summed E-state index contributed by atoms with van der Waals surface area (Å²) >= 11 is 3.16. The number of halogens is 1. The number of rotatable bonds is 3. The van der Waals surface area contributed by atoms with Crippen molar-refractivity contribution in [2.75, 3.05) is 0 Å². The summed E-state index contributed by atoms with van der Waals surface area (Å²) in [7, 11) is -3.74. The minimum Gasteiger partial charge on any atom is -0.296 e. The van der Waals surface area contributed by atoms with Gasteiger partial charge in [0.15, 0.2) is 6.29 Å². The van der Waals surface area contributed by atoms with E-state index in [9.17, 15) is 13.2 Å². The molecule has 1 aromatic heterocycles. The zero-order chi connectivity index (χ0) is 13.3. The van der Waals surface area contributed by atoms with Crippen LogP contribution in [-0.4, -0.2) is 18.7 Å². The van der Waals surface area contributed by atoms with E-state index < -0.39 is 10.0 Å². The number of aromatic nitrogens is 1. The molecule has 0 aliphatic carbocycles. The molecule has 0 radical (unpaired) electrons. The molecule has 0 aliphatic rings. The average Bonchev–Trinajstić information content (AvgIpc) is 2.71. The first kappa shape index (κ1) is 13.0. The molecule has 0 N–H and O–H groups in total. The molecule has 2 aromatic rings. The van der Waals surface area contributed by atoms with E-state index in [1.165, 1.54) is 18.3 Å². The maximum Gasteiger partial charge on any atom is 0.268 e. The summed E-state index contributed by atoms with van der Waals surface area (Å²) < 4.78 is 26.4. The molecule has 0 amide bonds. The van der Waals surface area contributed by atoms with Gasteiger partial charge in [-0.05, 0) is 40.5 Å². The van der Waals surface area contributed by atoms with Crippen molar-refractivity contribution in [3.8, 4) is 0 Å². The van der Waals surface area contributed by atoms with Crippen LogP contribution in [-0.2, 0) is 10.0 Å². The van der Waals surface area contributed by atoms with Crippen molar-refractivity contribution in [3.63, 3.8) is 0 Å². The SMILES string of the molecule is Cc1ccccc1S(=O)(=O)n1cc(Br)cc1C=O. The molecule has 6 heteroatoms. The Labute approximate surface area is 113 Å². The molecular weight excluding hydrogens is 318 g/mol. The second-order valence-corrected chi connectivity index (χ2v) is 6.47. The molecule has 4 nitrogen and oxygen atoms in total. The molecule has 0 unspecified atom stereocenters. The monoisotopic (exact) mass is 327 g/mol. The van der Waals surface area contributed by atoms with E-state index in [2.05, 4.69) is 15.9 Å². The number of carbonyl (C=O) groups excluding carboxylic acids is 1. The van der Waals surface area contributed by atoms with Crippen molar-refractivity contribution in [1.29, 1.82) is 0 Å². The Morgan fingerprint density at radius 2 is 1.94 bits per heavy atom. The van der Waals surface area contributed by atoms with Gasteiger partial charge in [0.05, 0.1) is 10.6 Å². The van der Waals surface area contributed by atoms with Gasteiger partial charge in [-0.3, -0.25) is 4.79 Å². The summed E-state index contributed by atoms with van der Waals surface area (Å²) in [4.78, 5) is 11.1. The van der Waals surface area contributed by atoms with Gasteiger partial charge in [-0.2, -0.15) is 0 Å². The smallest absolute Gasteiger partial charge is 0.268 e. The molecule has 0 atom stereocenters. The van der Waals surface area contributed by atoms with Crippen LogP contribution in [0.25, 0.3) is 0 Å². The van der Waals surface area contributed by atoms with Crippen molar-refractivity contribution < 1.29 is 13.2 Å². The van der Waals surface area contributed by atoms with Crippen molar-refractivity contribution in [3.05, 3.63) is 52.3 Å². The Morgan fingerprint density at radius 1 is 1.28 bits per heavy atom. The number of aryl methyl sites for hydroxylation is 1. The zero-order valence-corrected chi connectivity index (χ0v) is 11.9. The Kier molecular flexibility index (Phi) is 3.41. The fourth-order valence-electron chi connectivity index (χ4n) is 1.67. The van der Waals surface area contributed by atoms with Crippen molar-refractivity contribution >= 4 is 32.2 Å². The first-order chi connectivity index (χ1) is 8.46. The molecule has 0 spiro atoms. The largest absolute Gasteiger partial charge is 0.296 e. The van der Waals surface area contributed by atoms with Crippen molar-refractivity contribution in [2.45, 2.75) is 11.8 Å². The van der Waals surface area contributed by atoms with Crippen LogP contribution in [0.3, 0.4) is 0 Å². The second-order valence-electron chi connectivity index (χ2n) is 3.77. The van der Waals surface area contributed by atoms with Gasteiger partial charge >= 0.3 is 0 Å². The van der Waals surface area contributed by atoms with E-state index in [1.54, 1.807) is 25.1 Å². The molecule has 0 saturated carbocycles. The Bertz CT molecular complexity index is 704. The quantitative estimate of drug-likeness (QED) is 0.814. The van der Waals surface area contributed by atoms with Gasteiger partial charge in [0.25, 0.3) is 10.0 Å². The Balaban J connectivity index is 2.69. The van der Waals surface area contributed by atoms with Gasteiger partial charge in [-0.25, -0.2) is 12.4 Å². The molecule has 18 heavy (non-hydrogen) atoms. The van der Waals surface area contributed by atoms with Gasteiger partial charge in [0.2, 0.25) is 0 Å². The zero-order valence-electron chi connectivity index (χ0n) is 9.50. The van der Waals surface area contributed by atoms with E-state index in [-0.39, 0.29) is 10.6 Å². The van der Waals surface area contributed by atoms with Crippen LogP contribution >= 0.6 is 15.9 Å². The van der Waals surface area contributed by atoms with Crippen molar-refractivity contribution in [2.24, 2.45) is 0 Å². The van der Waals surface area contributed by atoms with Gasteiger partial charge < -0.3 is 0 Å². The predicted octanol–water partition coefficient (Wildman–Crippen LogP) is 2.61. The molecule has 94 valence electrons. The van der Waals surface area contributed by atoms with E-state index in [4.69, 9.17) is 0 Å². The number of hydrogen-bond acceptors (Lipinski definition) is 3. The first-order valence-corrected chi connectivity index (χ1v) is 7.34. The lowest BCUT2D eigenvalue weighted by atomic mass is 10.2. The molecule has 0 bridgehead atoms. The minimum absolute atomic E-state index is 0.0881. The fraction of sp³-hybridized carbons (Fsp3) is 0.0833. The van der Waals surface area contributed by atoms with Gasteiger partial charge in [0.1, 0.15) is 0 Å². The van der Waals surface area contributed by atoms with E-state index in [0.717, 1.165) is 3.97 Å². The predicted molar refractivity (Wildman–Crippen MR) is 71.3 cm³/mol. The summed E-state index contributed by atoms with van der Waals surface area (Å²) in [6.45, 7) is 1.71. The molecule has 0 fully saturated rings. The summed E-state index contributed by atoms with van der Waals surface area (Å²) in [6, 6.07) is 8.11. The van der Waals surface area contributed by atoms with Crippen LogP contribution in [0.5, 0.6) is 0 Å². The van der Waals surface area contributed by atoms with E-state index >= 15 is 0 Å². The van der Waals surface area contributed by atoms with Gasteiger partial charge in [-0.15, -0.1) is 0 Å². The Hall–Kier alpha value is -1.40. The maximum absolute atomic E-state index is 12.4. The van der Waals surface area contributed by atoms with E-state index in [0.29, 0.717) is 16.3 Å². The summed E-state index contributed by atoms with van der Waals surface area (Å²) in [5.41, 5.74) is 0.726. The lowest BCUT2D eigenvalue weighted by Crippen LogP contribution is -2.15. The maximum atomic E-state index is 12.4. The van der Waals surface area contributed by atoms with Crippen LogP contribution in [0.4, 0.5) is 0 Å². The number of nitrogens with zero attached hydrogens (tertiary/aromatic N) is 1. The Morgan fingerprint density at radius 3 is 2.56 bits per heavy atom. The van der Waals surface area contributed by atoms with Gasteiger partial charge in [-0.1, -0.05) is 18.2 Å². The summed E-state index contributed by atoms with van der Waals surface area (Å²) in [6.07, 6.45) is 1.88. The fourth-order valence-corrected chi connectivity index (χ4v) is 3.81. The highest BCUT2D eigenvalue weighted by molar-refractivity contribution is 9.10. The van der Waals surface area contributed by atoms with Crippen LogP contribution in [0, 0.1) is 6.92 Å². The summed E-state index contributed by atoms with van der Waals surface area (Å²) in [5.74, 6) is 0. The molecule has 1 heterocycles. The van der Waals surface area contributed by atoms with Crippen LogP contribution < -0.4 is 0 Å². The molecular formula is C12H10BrNO3S. The highest BCUT2D eigenvalue weighted by atomic mass is 79.9. The van der Waals surface area contributed by atoms with E-state index in [1.807, 2.05) is 0 Å². The van der Waals surface area contributed by atoms with Crippen LogP contribution in [0.1, 0.15) is 16.1 Å². The molecule has 0 aliphatic heterocycles. The standard InChI is InChI=1S/C12H10BrNO3S/c1-9-4-2-3-5-12(9)18(16,17)14-7-10(13)6-11(14)8-15/h2-8H,1H3. The van der Waals surface area contributed by atoms with Gasteiger partial charge in [0, 0.05) is 10.7 Å². The van der Waals surface area contributed by atoms with Crippen LogP contribution in [0.15, 0.2) is 45.9 Å². The third-order valence-electron chi connectivity index (χ3n) is 2.53. The third-order valence-corrected chi connectivity index (χ3v) is 4.81. The topological polar surface area (TPSA) is 56.1 Å². The average molecular weight is 328 g/mol. The van der Waals surface area contributed by atoms with Crippen molar-refractivity contribution in [1.82, 2.24) is 3.97 Å². The molecule has 1 aromatic carbocycles. The highest BCUT2D eigenvalue weighted by Gasteiger charge is 2.21.